The normalized spacial score (nSPS) is 16.0. The molecule has 0 aliphatic heterocycles. The summed E-state index contributed by atoms with van der Waals surface area (Å²) in [5.41, 5.74) is 0.870. The van der Waals surface area contributed by atoms with Gasteiger partial charge in [0.25, 0.3) is 0 Å². The Morgan fingerprint density at radius 2 is 2.10 bits per heavy atom. The Kier molecular flexibility index (Phi) is 7.78. The maximum atomic E-state index is 13.0. The van der Waals surface area contributed by atoms with E-state index in [4.69, 9.17) is 0 Å². The van der Waals surface area contributed by atoms with Gasteiger partial charge < -0.3 is 15.3 Å². The molecule has 0 aliphatic carbocycles. The molecule has 120 valence electrons. The number of aliphatic hydroxyl groups is 1. The summed E-state index contributed by atoms with van der Waals surface area (Å²) in [5, 5.41) is 12.8. The number of rotatable bonds is 9. The minimum absolute atomic E-state index is 0.101. The van der Waals surface area contributed by atoms with Crippen molar-refractivity contribution in [1.29, 1.82) is 0 Å². The molecule has 3 unspecified atom stereocenters. The molecule has 0 aliphatic rings. The molecular weight excluding hydrogens is 269 g/mol. The molecule has 2 N–H and O–H groups in total. The molecular formula is C16H28FN3O. The molecule has 21 heavy (non-hydrogen) atoms. The van der Waals surface area contributed by atoms with Gasteiger partial charge in [-0.3, -0.25) is 4.98 Å². The summed E-state index contributed by atoms with van der Waals surface area (Å²) in [4.78, 5) is 6.42. The summed E-state index contributed by atoms with van der Waals surface area (Å²) < 4.78 is 13.0. The van der Waals surface area contributed by atoms with E-state index in [0.717, 1.165) is 31.7 Å². The molecule has 0 fully saturated rings. The predicted octanol–water partition coefficient (Wildman–Crippen LogP) is 2.21. The molecule has 0 spiro atoms. The third kappa shape index (κ3) is 6.50. The average Bonchev–Trinajstić information content (AvgIpc) is 2.43. The molecule has 1 aromatic heterocycles. The Morgan fingerprint density at radius 1 is 1.38 bits per heavy atom. The SMILES string of the molecule is CCNC(c1ccc(F)cn1)C(C)CN(C)CCC(C)O. The van der Waals surface area contributed by atoms with Crippen molar-refractivity contribution < 1.29 is 9.50 Å². The van der Waals surface area contributed by atoms with E-state index in [1.807, 2.05) is 0 Å². The van der Waals surface area contributed by atoms with Crippen molar-refractivity contribution in [1.82, 2.24) is 15.2 Å². The number of aromatic nitrogens is 1. The molecule has 0 amide bonds. The number of aliphatic hydroxyl groups excluding tert-OH is 1. The first-order valence-corrected chi connectivity index (χ1v) is 7.65. The van der Waals surface area contributed by atoms with Crippen molar-refractivity contribution in [3.05, 3.63) is 29.8 Å². The Balaban J connectivity index is 2.64. The number of hydrogen-bond donors (Lipinski definition) is 2. The summed E-state index contributed by atoms with van der Waals surface area (Å²) >= 11 is 0. The van der Waals surface area contributed by atoms with E-state index in [-0.39, 0.29) is 18.0 Å². The van der Waals surface area contributed by atoms with Crippen molar-refractivity contribution in [3.63, 3.8) is 0 Å². The van der Waals surface area contributed by atoms with Gasteiger partial charge in [0, 0.05) is 13.1 Å². The van der Waals surface area contributed by atoms with Crippen molar-refractivity contribution in [2.75, 3.05) is 26.7 Å². The Bertz CT molecular complexity index is 397. The van der Waals surface area contributed by atoms with Gasteiger partial charge in [-0.25, -0.2) is 4.39 Å². The minimum atomic E-state index is -0.310. The summed E-state index contributed by atoms with van der Waals surface area (Å²) in [7, 11) is 2.06. The molecule has 0 bridgehead atoms. The number of hydrogen-bond acceptors (Lipinski definition) is 4. The van der Waals surface area contributed by atoms with Gasteiger partial charge in [-0.2, -0.15) is 0 Å². The standard InChI is InChI=1S/C16H28FN3O/c1-5-18-16(15-7-6-14(17)10-19-15)12(2)11-20(4)9-8-13(3)21/h6-7,10,12-13,16,18,21H,5,8-9,11H2,1-4H3. The molecule has 3 atom stereocenters. The second-order valence-electron chi connectivity index (χ2n) is 5.81. The highest BCUT2D eigenvalue weighted by Crippen LogP contribution is 2.21. The summed E-state index contributed by atoms with van der Waals surface area (Å²) in [6.45, 7) is 8.62. The summed E-state index contributed by atoms with van der Waals surface area (Å²) in [6, 6.07) is 3.30. The lowest BCUT2D eigenvalue weighted by Crippen LogP contribution is -2.35. The predicted molar refractivity (Wildman–Crippen MR) is 83.6 cm³/mol. The van der Waals surface area contributed by atoms with E-state index in [1.165, 1.54) is 12.3 Å². The first kappa shape index (κ1) is 18.0. The highest BCUT2D eigenvalue weighted by atomic mass is 19.1. The van der Waals surface area contributed by atoms with Crippen LogP contribution in [-0.4, -0.2) is 47.8 Å². The van der Waals surface area contributed by atoms with Crippen LogP contribution in [0.1, 0.15) is 38.9 Å². The first-order chi connectivity index (χ1) is 9.93. The Labute approximate surface area is 127 Å². The van der Waals surface area contributed by atoms with Gasteiger partial charge >= 0.3 is 0 Å². The molecule has 0 radical (unpaired) electrons. The van der Waals surface area contributed by atoms with Crippen LogP contribution in [0.15, 0.2) is 18.3 Å². The van der Waals surface area contributed by atoms with Crippen molar-refractivity contribution in [2.45, 2.75) is 39.3 Å². The lowest BCUT2D eigenvalue weighted by atomic mass is 9.97. The highest BCUT2D eigenvalue weighted by molar-refractivity contribution is 5.11. The van der Waals surface area contributed by atoms with Crippen LogP contribution in [0.3, 0.4) is 0 Å². The zero-order valence-corrected chi connectivity index (χ0v) is 13.5. The molecule has 4 nitrogen and oxygen atoms in total. The van der Waals surface area contributed by atoms with Crippen molar-refractivity contribution in [3.8, 4) is 0 Å². The highest BCUT2D eigenvalue weighted by Gasteiger charge is 2.21. The van der Waals surface area contributed by atoms with Crippen LogP contribution >= 0.6 is 0 Å². The molecule has 1 aromatic rings. The van der Waals surface area contributed by atoms with Gasteiger partial charge in [-0.05, 0) is 45.0 Å². The van der Waals surface area contributed by atoms with Gasteiger partial charge in [0.05, 0.1) is 24.0 Å². The number of pyridine rings is 1. The zero-order chi connectivity index (χ0) is 15.8. The van der Waals surface area contributed by atoms with Gasteiger partial charge in [-0.15, -0.1) is 0 Å². The fourth-order valence-corrected chi connectivity index (χ4v) is 2.48. The smallest absolute Gasteiger partial charge is 0.141 e. The minimum Gasteiger partial charge on any atom is -0.393 e. The van der Waals surface area contributed by atoms with Crippen LogP contribution < -0.4 is 5.32 Å². The van der Waals surface area contributed by atoms with Gasteiger partial charge in [0.2, 0.25) is 0 Å². The van der Waals surface area contributed by atoms with E-state index in [1.54, 1.807) is 13.0 Å². The van der Waals surface area contributed by atoms with Crippen molar-refractivity contribution >= 4 is 0 Å². The zero-order valence-electron chi connectivity index (χ0n) is 13.5. The largest absolute Gasteiger partial charge is 0.393 e. The molecule has 1 rings (SSSR count). The van der Waals surface area contributed by atoms with Crippen molar-refractivity contribution in [2.24, 2.45) is 5.92 Å². The van der Waals surface area contributed by atoms with Crippen LogP contribution in [0.4, 0.5) is 4.39 Å². The summed E-state index contributed by atoms with van der Waals surface area (Å²) in [6.07, 6.45) is 1.76. The second kappa shape index (κ2) is 9.07. The van der Waals surface area contributed by atoms with E-state index in [2.05, 4.69) is 36.1 Å². The monoisotopic (exact) mass is 297 g/mol. The maximum absolute atomic E-state index is 13.0. The molecule has 0 saturated carbocycles. The second-order valence-corrected chi connectivity index (χ2v) is 5.81. The van der Waals surface area contributed by atoms with Crippen LogP contribution in [0.25, 0.3) is 0 Å². The lowest BCUT2D eigenvalue weighted by molar-refractivity contribution is 0.155. The maximum Gasteiger partial charge on any atom is 0.141 e. The quantitative estimate of drug-likeness (QED) is 0.734. The molecule has 5 heteroatoms. The molecule has 1 heterocycles. The van der Waals surface area contributed by atoms with Crippen LogP contribution in [0, 0.1) is 11.7 Å². The third-order valence-electron chi connectivity index (χ3n) is 3.59. The number of nitrogens with zero attached hydrogens (tertiary/aromatic N) is 2. The Hall–Kier alpha value is -1.04. The topological polar surface area (TPSA) is 48.4 Å². The number of halogens is 1. The van der Waals surface area contributed by atoms with Crippen LogP contribution in [0.5, 0.6) is 0 Å². The van der Waals surface area contributed by atoms with E-state index < -0.39 is 0 Å². The van der Waals surface area contributed by atoms with Gasteiger partial charge in [0.15, 0.2) is 0 Å². The summed E-state index contributed by atoms with van der Waals surface area (Å²) in [5.74, 6) is 0.0256. The van der Waals surface area contributed by atoms with E-state index in [9.17, 15) is 9.50 Å². The molecule has 0 saturated heterocycles. The van der Waals surface area contributed by atoms with Gasteiger partial charge in [0.1, 0.15) is 5.82 Å². The van der Waals surface area contributed by atoms with Crippen LogP contribution in [-0.2, 0) is 0 Å². The Morgan fingerprint density at radius 3 is 2.62 bits per heavy atom. The fraction of sp³-hybridized carbons (Fsp3) is 0.688. The van der Waals surface area contributed by atoms with E-state index >= 15 is 0 Å². The van der Waals surface area contributed by atoms with Crippen LogP contribution in [0.2, 0.25) is 0 Å². The first-order valence-electron chi connectivity index (χ1n) is 7.65. The third-order valence-corrected chi connectivity index (χ3v) is 3.59. The fourth-order valence-electron chi connectivity index (χ4n) is 2.48. The molecule has 0 aromatic carbocycles. The average molecular weight is 297 g/mol. The van der Waals surface area contributed by atoms with E-state index in [0.29, 0.717) is 5.92 Å². The number of nitrogens with one attached hydrogen (secondary N) is 1. The van der Waals surface area contributed by atoms with Gasteiger partial charge in [-0.1, -0.05) is 13.8 Å². The lowest BCUT2D eigenvalue weighted by Gasteiger charge is -2.28.